The van der Waals surface area contributed by atoms with E-state index in [-0.39, 0.29) is 0 Å². The van der Waals surface area contributed by atoms with E-state index in [1.807, 2.05) is 0 Å². The molecular formula is C13H27N. The highest BCUT2D eigenvalue weighted by Gasteiger charge is 2.01. The summed E-state index contributed by atoms with van der Waals surface area (Å²) in [6, 6.07) is 0.540. The summed E-state index contributed by atoms with van der Waals surface area (Å²) in [6.45, 7) is 9.52. The van der Waals surface area contributed by atoms with Crippen LogP contribution in [0.4, 0.5) is 0 Å². The zero-order valence-electron chi connectivity index (χ0n) is 10.0. The van der Waals surface area contributed by atoms with Crippen molar-refractivity contribution in [1.29, 1.82) is 0 Å². The van der Waals surface area contributed by atoms with Gasteiger partial charge in [0.2, 0.25) is 0 Å². The molecule has 0 saturated carbocycles. The smallest absolute Gasteiger partial charge is 0.0247 e. The summed E-state index contributed by atoms with van der Waals surface area (Å²) in [6.07, 6.45) is 11.2. The van der Waals surface area contributed by atoms with Crippen molar-refractivity contribution in [2.24, 2.45) is 0 Å². The van der Waals surface area contributed by atoms with Gasteiger partial charge >= 0.3 is 0 Å². The Labute approximate surface area is 90.0 Å². The third-order valence-electron chi connectivity index (χ3n) is 2.59. The van der Waals surface area contributed by atoms with Gasteiger partial charge in [0, 0.05) is 6.04 Å². The third-order valence-corrected chi connectivity index (χ3v) is 2.59. The highest BCUT2D eigenvalue weighted by atomic mass is 14.9. The molecule has 0 saturated heterocycles. The van der Waals surface area contributed by atoms with Crippen LogP contribution in [-0.4, -0.2) is 12.6 Å². The lowest BCUT2D eigenvalue weighted by molar-refractivity contribution is 0.509. The van der Waals surface area contributed by atoms with Gasteiger partial charge in [-0.2, -0.15) is 0 Å². The zero-order chi connectivity index (χ0) is 10.6. The van der Waals surface area contributed by atoms with E-state index < -0.39 is 0 Å². The van der Waals surface area contributed by atoms with E-state index in [1.165, 1.54) is 44.9 Å². The first-order valence-electron chi connectivity index (χ1n) is 6.21. The maximum absolute atomic E-state index is 3.88. The summed E-state index contributed by atoms with van der Waals surface area (Å²) < 4.78 is 0. The second kappa shape index (κ2) is 10.8. The van der Waals surface area contributed by atoms with Crippen LogP contribution in [0.25, 0.3) is 0 Å². The summed E-state index contributed by atoms with van der Waals surface area (Å²) in [7, 11) is 0. The molecule has 0 aromatic rings. The predicted octanol–water partition coefficient (Wildman–Crippen LogP) is 3.90. The number of unbranched alkanes of at least 4 members (excludes halogenated alkanes) is 4. The standard InChI is InChI=1S/C13H27N/c1-4-7-9-11-13(6-3)14-12-10-8-5-2/h6,13-14H,3-5,7-12H2,1-2H3. The van der Waals surface area contributed by atoms with Gasteiger partial charge in [0.1, 0.15) is 0 Å². The maximum atomic E-state index is 3.88. The molecule has 0 aromatic heterocycles. The first-order valence-corrected chi connectivity index (χ1v) is 6.21. The van der Waals surface area contributed by atoms with Crippen molar-refractivity contribution in [2.75, 3.05) is 6.54 Å². The van der Waals surface area contributed by atoms with Gasteiger partial charge in [-0.25, -0.2) is 0 Å². The minimum atomic E-state index is 0.540. The molecule has 1 unspecified atom stereocenters. The Morgan fingerprint density at radius 1 is 1.07 bits per heavy atom. The first kappa shape index (κ1) is 13.7. The van der Waals surface area contributed by atoms with E-state index in [1.54, 1.807) is 0 Å². The van der Waals surface area contributed by atoms with Crippen LogP contribution in [0.1, 0.15) is 58.8 Å². The molecular weight excluding hydrogens is 170 g/mol. The zero-order valence-corrected chi connectivity index (χ0v) is 10.0. The third kappa shape index (κ3) is 8.31. The molecule has 0 aromatic carbocycles. The summed E-state index contributed by atoms with van der Waals surface area (Å²) in [4.78, 5) is 0. The molecule has 0 heterocycles. The van der Waals surface area contributed by atoms with Crippen molar-refractivity contribution in [1.82, 2.24) is 5.32 Å². The topological polar surface area (TPSA) is 12.0 Å². The Balaban J connectivity index is 3.33. The fraction of sp³-hybridized carbons (Fsp3) is 0.846. The molecule has 1 nitrogen and oxygen atoms in total. The second-order valence-electron chi connectivity index (χ2n) is 4.00. The SMILES string of the molecule is C=CC(CCCCC)NCCCCC. The Bertz CT molecular complexity index is 120. The largest absolute Gasteiger partial charge is 0.311 e. The summed E-state index contributed by atoms with van der Waals surface area (Å²) in [5, 5.41) is 3.55. The number of hydrogen-bond acceptors (Lipinski definition) is 1. The fourth-order valence-electron chi connectivity index (χ4n) is 1.58. The molecule has 0 bridgehead atoms. The highest BCUT2D eigenvalue weighted by molar-refractivity contribution is 4.85. The van der Waals surface area contributed by atoms with Crippen molar-refractivity contribution in [2.45, 2.75) is 64.8 Å². The fourth-order valence-corrected chi connectivity index (χ4v) is 1.58. The van der Waals surface area contributed by atoms with E-state index in [0.29, 0.717) is 6.04 Å². The van der Waals surface area contributed by atoms with Gasteiger partial charge in [-0.05, 0) is 19.4 Å². The van der Waals surface area contributed by atoms with Gasteiger partial charge in [-0.1, -0.05) is 52.0 Å². The number of nitrogens with one attached hydrogen (secondary N) is 1. The lowest BCUT2D eigenvalue weighted by Crippen LogP contribution is -2.27. The lowest BCUT2D eigenvalue weighted by atomic mass is 10.1. The van der Waals surface area contributed by atoms with Crippen LogP contribution in [0.2, 0.25) is 0 Å². The summed E-state index contributed by atoms with van der Waals surface area (Å²) in [5.74, 6) is 0. The minimum absolute atomic E-state index is 0.540. The molecule has 0 amide bonds. The molecule has 14 heavy (non-hydrogen) atoms. The molecule has 1 heteroatoms. The van der Waals surface area contributed by atoms with E-state index in [0.717, 1.165) is 6.54 Å². The quantitative estimate of drug-likeness (QED) is 0.414. The maximum Gasteiger partial charge on any atom is 0.0247 e. The van der Waals surface area contributed by atoms with E-state index in [2.05, 4.69) is 31.8 Å². The van der Waals surface area contributed by atoms with Crippen LogP contribution in [0.15, 0.2) is 12.7 Å². The van der Waals surface area contributed by atoms with Crippen LogP contribution >= 0.6 is 0 Å². The van der Waals surface area contributed by atoms with Gasteiger partial charge in [0.05, 0.1) is 0 Å². The normalized spacial score (nSPS) is 12.7. The van der Waals surface area contributed by atoms with Gasteiger partial charge in [-0.3, -0.25) is 0 Å². The van der Waals surface area contributed by atoms with Crippen LogP contribution in [0.3, 0.4) is 0 Å². The van der Waals surface area contributed by atoms with Crippen molar-refractivity contribution in [3.05, 3.63) is 12.7 Å². The van der Waals surface area contributed by atoms with Gasteiger partial charge in [0.25, 0.3) is 0 Å². The average molecular weight is 197 g/mol. The van der Waals surface area contributed by atoms with E-state index in [4.69, 9.17) is 0 Å². The van der Waals surface area contributed by atoms with Crippen LogP contribution < -0.4 is 5.32 Å². The second-order valence-corrected chi connectivity index (χ2v) is 4.00. The first-order chi connectivity index (χ1) is 6.85. The molecule has 0 aliphatic rings. The Morgan fingerprint density at radius 3 is 2.29 bits per heavy atom. The molecule has 1 N–H and O–H groups in total. The highest BCUT2D eigenvalue weighted by Crippen LogP contribution is 2.04. The average Bonchev–Trinajstić information content (AvgIpc) is 2.22. The molecule has 0 radical (unpaired) electrons. The van der Waals surface area contributed by atoms with Gasteiger partial charge in [0.15, 0.2) is 0 Å². The predicted molar refractivity (Wildman–Crippen MR) is 65.7 cm³/mol. The van der Waals surface area contributed by atoms with E-state index in [9.17, 15) is 0 Å². The summed E-state index contributed by atoms with van der Waals surface area (Å²) >= 11 is 0. The summed E-state index contributed by atoms with van der Waals surface area (Å²) in [5.41, 5.74) is 0. The van der Waals surface area contributed by atoms with Crippen molar-refractivity contribution < 1.29 is 0 Å². The monoisotopic (exact) mass is 197 g/mol. The van der Waals surface area contributed by atoms with E-state index >= 15 is 0 Å². The van der Waals surface area contributed by atoms with Gasteiger partial charge in [-0.15, -0.1) is 6.58 Å². The number of rotatable bonds is 10. The van der Waals surface area contributed by atoms with Crippen LogP contribution in [-0.2, 0) is 0 Å². The van der Waals surface area contributed by atoms with Crippen molar-refractivity contribution in [3.63, 3.8) is 0 Å². The molecule has 0 rings (SSSR count). The number of hydrogen-bond donors (Lipinski definition) is 1. The molecule has 0 aliphatic heterocycles. The molecule has 1 atom stereocenters. The molecule has 84 valence electrons. The molecule has 0 fully saturated rings. The van der Waals surface area contributed by atoms with Crippen molar-refractivity contribution in [3.8, 4) is 0 Å². The van der Waals surface area contributed by atoms with Crippen LogP contribution in [0, 0.1) is 0 Å². The lowest BCUT2D eigenvalue weighted by Gasteiger charge is -2.14. The Kier molecular flexibility index (Phi) is 10.5. The van der Waals surface area contributed by atoms with Crippen molar-refractivity contribution >= 4 is 0 Å². The minimum Gasteiger partial charge on any atom is -0.311 e. The van der Waals surface area contributed by atoms with Gasteiger partial charge < -0.3 is 5.32 Å². The van der Waals surface area contributed by atoms with Crippen LogP contribution in [0.5, 0.6) is 0 Å². The molecule has 0 aliphatic carbocycles. The Morgan fingerprint density at radius 2 is 1.71 bits per heavy atom. The Hall–Kier alpha value is -0.300. The molecule has 0 spiro atoms.